The third-order valence-corrected chi connectivity index (χ3v) is 12.4. The molecule has 3 heterocycles. The lowest BCUT2D eigenvalue weighted by Gasteiger charge is -2.29. The molecular formula is C53H68BBrF6O7. The zero-order valence-corrected chi connectivity index (χ0v) is 41.4. The van der Waals surface area contributed by atoms with E-state index in [0.29, 0.717) is 54.2 Å². The Balaban J connectivity index is 0.000000242. The number of hydrogen-bond donors (Lipinski definition) is 2. The lowest BCUT2D eigenvalue weighted by molar-refractivity contribution is -0.149. The zero-order valence-electron chi connectivity index (χ0n) is 39.8. The van der Waals surface area contributed by atoms with Gasteiger partial charge in [-0.05, 0) is 140 Å². The Morgan fingerprint density at radius 1 is 0.603 bits per heavy atom. The van der Waals surface area contributed by atoms with Gasteiger partial charge in [-0.3, -0.25) is 4.79 Å². The zero-order chi connectivity index (χ0) is 50.0. The van der Waals surface area contributed by atoms with Crippen molar-refractivity contribution in [1.29, 1.82) is 0 Å². The first-order valence-corrected chi connectivity index (χ1v) is 24.8. The minimum atomic E-state index is -2.00. The van der Waals surface area contributed by atoms with Crippen LogP contribution in [-0.4, -0.2) is 49.2 Å². The molecule has 3 aliphatic rings. The molecule has 7 nitrogen and oxygen atoms in total. The summed E-state index contributed by atoms with van der Waals surface area (Å²) < 4.78 is 94.7. The molecule has 374 valence electrons. The largest absolute Gasteiger partial charge is 0.488 e. The Labute approximate surface area is 407 Å². The van der Waals surface area contributed by atoms with Crippen molar-refractivity contribution in [2.45, 2.75) is 136 Å². The van der Waals surface area contributed by atoms with E-state index in [2.05, 4.69) is 67.9 Å². The van der Waals surface area contributed by atoms with Crippen LogP contribution in [0.3, 0.4) is 0 Å². The molecule has 7 rings (SSSR count). The first kappa shape index (κ1) is 58.3. The molecule has 0 spiro atoms. The molecule has 3 saturated heterocycles. The molecule has 0 saturated carbocycles. The van der Waals surface area contributed by atoms with Crippen molar-refractivity contribution in [3.8, 4) is 11.1 Å². The lowest BCUT2D eigenvalue weighted by atomic mass is 9.80. The fraction of sp³-hybridized carbons (Fsp3) is 0.509. The summed E-state index contributed by atoms with van der Waals surface area (Å²) >= 11 is 3.46. The molecule has 0 radical (unpaired) electrons. The van der Waals surface area contributed by atoms with Gasteiger partial charge < -0.3 is 29.1 Å². The standard InChI is InChI=1S/C20H21F3O.C14H19BrO.C8H14O2.C6H4BF3O2.C5H10O/c1-2-3-13-4-9-19(24-12-13)15-7-5-14(6-8-15)16-10-17(21)20(23)18(22)11-16;1-2-3-11-4-9-14(16-10-11)12-5-7-13(15)8-6-12;1-2-3-7-4-5-8(9)10-6-7;8-4-1-3(7(11)12)2-5(9)6(4)10;1-2-3-4-5-6/h5-8,10-11,13,19H,2-4,9,12H2,1H3;5-8,11,14H,2-4,9-10H2,1H3;7H,2-6H2,1H3;1-2,11-12H;5H,2-4H2,1H3. The maximum absolute atomic E-state index is 13.4. The molecule has 5 atom stereocenters. The number of unbranched alkanes of at least 4 members (excludes halogenated alkanes) is 2. The molecule has 0 aromatic heterocycles. The van der Waals surface area contributed by atoms with Gasteiger partial charge in [-0.25, -0.2) is 26.3 Å². The van der Waals surface area contributed by atoms with Crippen molar-refractivity contribution in [3.05, 3.63) is 123 Å². The summed E-state index contributed by atoms with van der Waals surface area (Å²) in [6.07, 6.45) is 17.9. The number of aldehydes is 1. The van der Waals surface area contributed by atoms with Gasteiger partial charge in [-0.15, -0.1) is 0 Å². The number of cyclic esters (lactones) is 1. The van der Waals surface area contributed by atoms with Crippen molar-refractivity contribution in [2.75, 3.05) is 19.8 Å². The van der Waals surface area contributed by atoms with Crippen LogP contribution >= 0.6 is 15.9 Å². The molecule has 5 unspecified atom stereocenters. The van der Waals surface area contributed by atoms with Crippen LogP contribution in [0.25, 0.3) is 11.1 Å². The molecule has 15 heteroatoms. The van der Waals surface area contributed by atoms with E-state index in [1.807, 2.05) is 12.1 Å². The maximum atomic E-state index is 13.4. The van der Waals surface area contributed by atoms with E-state index in [1.165, 1.54) is 56.9 Å². The summed E-state index contributed by atoms with van der Waals surface area (Å²) in [4.78, 5) is 20.2. The Bertz CT molecular complexity index is 2010. The number of carbonyl (C=O) groups excluding carboxylic acids is 2. The highest BCUT2D eigenvalue weighted by Gasteiger charge is 2.24. The van der Waals surface area contributed by atoms with Crippen LogP contribution in [0.1, 0.15) is 147 Å². The summed E-state index contributed by atoms with van der Waals surface area (Å²) in [6.45, 7) is 11.1. The van der Waals surface area contributed by atoms with Gasteiger partial charge >= 0.3 is 13.1 Å². The summed E-state index contributed by atoms with van der Waals surface area (Å²) in [5.74, 6) is -6.25. The summed E-state index contributed by atoms with van der Waals surface area (Å²) in [7, 11) is -2.00. The monoisotopic (exact) mass is 1020 g/mol. The number of rotatable bonds is 13. The van der Waals surface area contributed by atoms with E-state index >= 15 is 0 Å². The number of ether oxygens (including phenoxy) is 3. The lowest BCUT2D eigenvalue weighted by Crippen LogP contribution is -2.30. The van der Waals surface area contributed by atoms with Crippen molar-refractivity contribution in [1.82, 2.24) is 0 Å². The van der Waals surface area contributed by atoms with Crippen molar-refractivity contribution in [3.63, 3.8) is 0 Å². The van der Waals surface area contributed by atoms with Crippen molar-refractivity contribution < 1.29 is 60.2 Å². The van der Waals surface area contributed by atoms with E-state index in [0.717, 1.165) is 86.1 Å². The van der Waals surface area contributed by atoms with Gasteiger partial charge in [0.2, 0.25) is 0 Å². The number of carbonyl (C=O) groups is 2. The molecule has 2 N–H and O–H groups in total. The van der Waals surface area contributed by atoms with E-state index in [4.69, 9.17) is 24.3 Å². The Morgan fingerprint density at radius 3 is 1.40 bits per heavy atom. The fourth-order valence-electron chi connectivity index (χ4n) is 8.04. The summed E-state index contributed by atoms with van der Waals surface area (Å²) in [6, 6.07) is 19.0. The highest BCUT2D eigenvalue weighted by molar-refractivity contribution is 9.10. The van der Waals surface area contributed by atoms with Crippen LogP contribution in [0.15, 0.2) is 77.3 Å². The number of hydrogen-bond acceptors (Lipinski definition) is 7. The van der Waals surface area contributed by atoms with Gasteiger partial charge in [-0.2, -0.15) is 0 Å². The van der Waals surface area contributed by atoms with Gasteiger partial charge in [0.15, 0.2) is 34.9 Å². The van der Waals surface area contributed by atoms with Crippen LogP contribution < -0.4 is 5.46 Å². The topological polar surface area (TPSA) is 102 Å². The van der Waals surface area contributed by atoms with Crippen LogP contribution in [-0.2, 0) is 23.8 Å². The fourth-order valence-corrected chi connectivity index (χ4v) is 8.30. The van der Waals surface area contributed by atoms with E-state index in [1.54, 1.807) is 12.1 Å². The Morgan fingerprint density at radius 2 is 1.04 bits per heavy atom. The smallest absolute Gasteiger partial charge is 0.465 e. The normalized spacial score (nSPS) is 19.8. The molecular weight excluding hydrogens is 953 g/mol. The number of esters is 1. The molecule has 4 aromatic rings. The van der Waals surface area contributed by atoms with Crippen LogP contribution in [0.2, 0.25) is 0 Å². The van der Waals surface area contributed by atoms with Crippen LogP contribution in [0, 0.1) is 52.7 Å². The summed E-state index contributed by atoms with van der Waals surface area (Å²) in [5, 5.41) is 16.9. The minimum absolute atomic E-state index is 0.0210. The van der Waals surface area contributed by atoms with Crippen LogP contribution in [0.5, 0.6) is 0 Å². The number of halogens is 7. The second-order valence-corrected chi connectivity index (χ2v) is 18.3. The highest BCUT2D eigenvalue weighted by atomic mass is 79.9. The van der Waals surface area contributed by atoms with Crippen molar-refractivity contribution in [2.24, 2.45) is 17.8 Å². The predicted molar refractivity (Wildman–Crippen MR) is 259 cm³/mol. The molecule has 3 fully saturated rings. The molecule has 68 heavy (non-hydrogen) atoms. The SMILES string of the molecule is CCCC1CCC(=O)OC1.CCCC1CCC(c2ccc(-c3cc(F)c(F)c(F)c3)cc2)OC1.CCCC1CCC(c2ccc(Br)cc2)OC1.CCCCC=O.OB(O)c1cc(F)c(F)c(F)c1. The first-order chi connectivity index (χ1) is 32.6. The molecule has 0 bridgehead atoms. The van der Waals surface area contributed by atoms with E-state index in [9.17, 15) is 35.9 Å². The van der Waals surface area contributed by atoms with Gasteiger partial charge in [0.05, 0.1) is 32.0 Å². The van der Waals surface area contributed by atoms with Gasteiger partial charge in [-0.1, -0.05) is 106 Å². The average molecular weight is 1020 g/mol. The highest BCUT2D eigenvalue weighted by Crippen LogP contribution is 2.35. The molecule has 0 aliphatic carbocycles. The van der Waals surface area contributed by atoms with E-state index < -0.39 is 47.5 Å². The quantitative estimate of drug-likeness (QED) is 0.0343. The first-order valence-electron chi connectivity index (χ1n) is 24.0. The predicted octanol–water partition coefficient (Wildman–Crippen LogP) is 13.7. The third-order valence-electron chi connectivity index (χ3n) is 11.9. The molecule has 0 amide bonds. The van der Waals surface area contributed by atoms with Crippen LogP contribution in [0.4, 0.5) is 26.3 Å². The van der Waals surface area contributed by atoms with E-state index in [-0.39, 0.29) is 12.1 Å². The Kier molecular flexibility index (Phi) is 27.4. The van der Waals surface area contributed by atoms with Gasteiger partial charge in [0, 0.05) is 17.3 Å². The molecule has 4 aromatic carbocycles. The maximum Gasteiger partial charge on any atom is 0.488 e. The number of benzene rings is 4. The molecule has 3 aliphatic heterocycles. The van der Waals surface area contributed by atoms with Crippen molar-refractivity contribution >= 4 is 40.8 Å². The minimum Gasteiger partial charge on any atom is -0.465 e. The summed E-state index contributed by atoms with van der Waals surface area (Å²) in [5.41, 5.74) is 2.93. The second kappa shape index (κ2) is 32.0. The van der Waals surface area contributed by atoms with Gasteiger partial charge in [0.1, 0.15) is 6.29 Å². The van der Waals surface area contributed by atoms with Gasteiger partial charge in [0.25, 0.3) is 0 Å². The third kappa shape index (κ3) is 20.5. The average Bonchev–Trinajstić information content (AvgIpc) is 3.34. The Hall–Kier alpha value is -4.02. The second-order valence-electron chi connectivity index (χ2n) is 17.4.